The fraction of sp³-hybridized carbons (Fsp3) is 0.300. The Kier molecular flexibility index (Phi) is 4.71. The molecular formula is C10H10F4N2O3S. The van der Waals surface area contributed by atoms with Gasteiger partial charge in [-0.15, -0.1) is 0 Å². The van der Waals surface area contributed by atoms with Gasteiger partial charge in [0.05, 0.1) is 17.0 Å². The zero-order valence-corrected chi connectivity index (χ0v) is 10.7. The Morgan fingerprint density at radius 1 is 1.30 bits per heavy atom. The second-order valence-electron chi connectivity index (χ2n) is 3.85. The first-order valence-electron chi connectivity index (χ1n) is 5.18. The number of anilines is 1. The van der Waals surface area contributed by atoms with Crippen LogP contribution in [-0.4, -0.2) is 20.5 Å². The summed E-state index contributed by atoms with van der Waals surface area (Å²) in [6.07, 6.45) is -6.69. The van der Waals surface area contributed by atoms with E-state index >= 15 is 0 Å². The maximum atomic E-state index is 13.5. The number of nitrogens with one attached hydrogen (secondary N) is 1. The molecule has 0 unspecified atom stereocenters. The topological polar surface area (TPSA) is 89.3 Å². The summed E-state index contributed by atoms with van der Waals surface area (Å²) < 4.78 is 71.0. The molecule has 1 rings (SSSR count). The molecular weight excluding hydrogens is 304 g/mol. The van der Waals surface area contributed by atoms with Gasteiger partial charge in [0.25, 0.3) is 0 Å². The lowest BCUT2D eigenvalue weighted by Gasteiger charge is -2.09. The Morgan fingerprint density at radius 2 is 1.90 bits per heavy atom. The van der Waals surface area contributed by atoms with Crippen LogP contribution < -0.4 is 10.5 Å². The van der Waals surface area contributed by atoms with Gasteiger partial charge in [-0.25, -0.2) is 17.9 Å². The predicted octanol–water partition coefficient (Wildman–Crippen LogP) is 1.75. The van der Waals surface area contributed by atoms with Crippen molar-refractivity contribution in [3.8, 4) is 0 Å². The highest BCUT2D eigenvalue weighted by Gasteiger charge is 2.28. The van der Waals surface area contributed by atoms with Crippen LogP contribution in [0.2, 0.25) is 0 Å². The summed E-state index contributed by atoms with van der Waals surface area (Å²) in [6, 6.07) is 2.40. The second-order valence-corrected chi connectivity index (χ2v) is 5.41. The maximum absolute atomic E-state index is 13.5. The van der Waals surface area contributed by atoms with Crippen LogP contribution in [0, 0.1) is 5.82 Å². The third kappa shape index (κ3) is 5.13. The highest BCUT2D eigenvalue weighted by Crippen LogP contribution is 2.22. The van der Waals surface area contributed by atoms with E-state index in [4.69, 9.17) is 5.14 Å². The number of sulfonamides is 1. The standard InChI is InChI=1S/C10H10F4N2O3S/c11-7-5-6(20(15,18)19)1-2-8(7)16-9(17)3-4-10(12,13)14/h1-2,5H,3-4H2,(H,16,17)(H2,15,18,19). The summed E-state index contributed by atoms with van der Waals surface area (Å²) >= 11 is 0. The van der Waals surface area contributed by atoms with Crippen molar-refractivity contribution in [2.24, 2.45) is 5.14 Å². The first-order valence-corrected chi connectivity index (χ1v) is 6.72. The summed E-state index contributed by atoms with van der Waals surface area (Å²) in [7, 11) is -4.10. The summed E-state index contributed by atoms with van der Waals surface area (Å²) in [4.78, 5) is 10.7. The lowest BCUT2D eigenvalue weighted by atomic mass is 10.2. The van der Waals surface area contributed by atoms with E-state index < -0.39 is 51.3 Å². The molecule has 0 saturated heterocycles. The molecule has 0 aliphatic heterocycles. The minimum absolute atomic E-state index is 0.426. The molecule has 0 aromatic heterocycles. The van der Waals surface area contributed by atoms with Crippen molar-refractivity contribution in [3.05, 3.63) is 24.0 Å². The zero-order chi connectivity index (χ0) is 15.6. The van der Waals surface area contributed by atoms with Crippen molar-refractivity contribution in [1.29, 1.82) is 0 Å². The summed E-state index contributed by atoms with van der Waals surface area (Å²) in [5, 5.41) is 6.68. The molecule has 0 saturated carbocycles. The molecule has 0 aliphatic carbocycles. The smallest absolute Gasteiger partial charge is 0.324 e. The third-order valence-corrected chi connectivity index (χ3v) is 3.09. The van der Waals surface area contributed by atoms with E-state index in [1.54, 1.807) is 0 Å². The van der Waals surface area contributed by atoms with Gasteiger partial charge in [-0.1, -0.05) is 0 Å². The first-order chi connectivity index (χ1) is 8.99. The summed E-state index contributed by atoms with van der Waals surface area (Å²) in [6.45, 7) is 0. The Hall–Kier alpha value is -1.68. The van der Waals surface area contributed by atoms with Crippen LogP contribution >= 0.6 is 0 Å². The number of rotatable bonds is 4. The lowest BCUT2D eigenvalue weighted by Crippen LogP contribution is -2.17. The number of carbonyl (C=O) groups is 1. The Labute approximate surface area is 111 Å². The normalized spacial score (nSPS) is 12.2. The number of primary sulfonamides is 1. The third-order valence-electron chi connectivity index (χ3n) is 2.18. The Balaban J connectivity index is 2.77. The van der Waals surface area contributed by atoms with E-state index in [0.29, 0.717) is 6.07 Å². The summed E-state index contributed by atoms with van der Waals surface area (Å²) in [5.74, 6) is -2.15. The highest BCUT2D eigenvalue weighted by atomic mass is 32.2. The van der Waals surface area contributed by atoms with Crippen LogP contribution in [0.5, 0.6) is 0 Å². The SMILES string of the molecule is NS(=O)(=O)c1ccc(NC(=O)CCC(F)(F)F)c(F)c1. The average Bonchev–Trinajstić information content (AvgIpc) is 2.27. The molecule has 0 fully saturated rings. The number of alkyl halides is 3. The molecule has 1 aromatic rings. The molecule has 0 aliphatic rings. The van der Waals surface area contributed by atoms with Crippen molar-refractivity contribution in [2.45, 2.75) is 23.9 Å². The van der Waals surface area contributed by atoms with Gasteiger partial charge in [0.2, 0.25) is 15.9 Å². The molecule has 5 nitrogen and oxygen atoms in total. The van der Waals surface area contributed by atoms with Crippen LogP contribution in [0.15, 0.2) is 23.1 Å². The van der Waals surface area contributed by atoms with E-state index in [2.05, 4.69) is 0 Å². The maximum Gasteiger partial charge on any atom is 0.389 e. The van der Waals surface area contributed by atoms with Gasteiger partial charge < -0.3 is 5.32 Å². The van der Waals surface area contributed by atoms with Gasteiger partial charge in [0.15, 0.2) is 0 Å². The van der Waals surface area contributed by atoms with E-state index in [1.807, 2.05) is 5.32 Å². The summed E-state index contributed by atoms with van der Waals surface area (Å²) in [5.41, 5.74) is -0.426. The molecule has 0 heterocycles. The Morgan fingerprint density at radius 3 is 2.35 bits per heavy atom. The van der Waals surface area contributed by atoms with E-state index in [9.17, 15) is 30.8 Å². The largest absolute Gasteiger partial charge is 0.389 e. The molecule has 0 spiro atoms. The number of hydrogen-bond donors (Lipinski definition) is 2. The van der Waals surface area contributed by atoms with Crippen molar-refractivity contribution >= 4 is 21.6 Å². The number of benzene rings is 1. The van der Waals surface area contributed by atoms with Crippen molar-refractivity contribution < 1.29 is 30.8 Å². The van der Waals surface area contributed by atoms with E-state index in [0.717, 1.165) is 12.1 Å². The van der Waals surface area contributed by atoms with Crippen LogP contribution in [0.25, 0.3) is 0 Å². The molecule has 112 valence electrons. The molecule has 0 bridgehead atoms. The van der Waals surface area contributed by atoms with Gasteiger partial charge in [0.1, 0.15) is 5.82 Å². The molecule has 0 radical (unpaired) electrons. The van der Waals surface area contributed by atoms with Crippen LogP contribution in [0.3, 0.4) is 0 Å². The van der Waals surface area contributed by atoms with Crippen molar-refractivity contribution in [2.75, 3.05) is 5.32 Å². The molecule has 3 N–H and O–H groups in total. The van der Waals surface area contributed by atoms with Crippen LogP contribution in [-0.2, 0) is 14.8 Å². The lowest BCUT2D eigenvalue weighted by molar-refractivity contribution is -0.142. The van der Waals surface area contributed by atoms with Crippen LogP contribution in [0.1, 0.15) is 12.8 Å². The van der Waals surface area contributed by atoms with Gasteiger partial charge in [0, 0.05) is 6.42 Å². The van der Waals surface area contributed by atoms with Crippen LogP contribution in [0.4, 0.5) is 23.2 Å². The highest BCUT2D eigenvalue weighted by molar-refractivity contribution is 7.89. The predicted molar refractivity (Wildman–Crippen MR) is 61.7 cm³/mol. The van der Waals surface area contributed by atoms with Crippen molar-refractivity contribution in [1.82, 2.24) is 0 Å². The quantitative estimate of drug-likeness (QED) is 0.830. The molecule has 0 atom stereocenters. The monoisotopic (exact) mass is 314 g/mol. The number of hydrogen-bond acceptors (Lipinski definition) is 3. The van der Waals surface area contributed by atoms with Gasteiger partial charge in [-0.2, -0.15) is 13.2 Å². The molecule has 1 amide bonds. The molecule has 20 heavy (non-hydrogen) atoms. The van der Waals surface area contributed by atoms with Crippen molar-refractivity contribution in [3.63, 3.8) is 0 Å². The van der Waals surface area contributed by atoms with Gasteiger partial charge in [-0.05, 0) is 18.2 Å². The van der Waals surface area contributed by atoms with Gasteiger partial charge in [-0.3, -0.25) is 4.79 Å². The number of halogens is 4. The number of nitrogens with two attached hydrogens (primary N) is 1. The second kappa shape index (κ2) is 5.75. The fourth-order valence-electron chi connectivity index (χ4n) is 1.24. The minimum atomic E-state index is -4.49. The Bertz CT molecular complexity index is 613. The fourth-order valence-corrected chi connectivity index (χ4v) is 1.77. The number of amides is 1. The first kappa shape index (κ1) is 16.4. The zero-order valence-electron chi connectivity index (χ0n) is 9.87. The molecule has 10 heteroatoms. The number of carbonyl (C=O) groups excluding carboxylic acids is 1. The van der Waals surface area contributed by atoms with E-state index in [1.165, 1.54) is 0 Å². The van der Waals surface area contributed by atoms with Gasteiger partial charge >= 0.3 is 6.18 Å². The molecule has 1 aromatic carbocycles. The van der Waals surface area contributed by atoms with E-state index in [-0.39, 0.29) is 0 Å². The average molecular weight is 314 g/mol. The minimum Gasteiger partial charge on any atom is -0.324 e.